The van der Waals surface area contributed by atoms with Gasteiger partial charge in [-0.15, -0.1) is 0 Å². The van der Waals surface area contributed by atoms with Crippen molar-refractivity contribution in [2.24, 2.45) is 11.7 Å². The molecule has 0 radical (unpaired) electrons. The van der Waals surface area contributed by atoms with E-state index in [4.69, 9.17) is 10.7 Å². The number of nitrogens with zero attached hydrogens (tertiary/aromatic N) is 2. The Morgan fingerprint density at radius 3 is 2.65 bits per heavy atom. The van der Waals surface area contributed by atoms with E-state index in [1.54, 1.807) is 18.2 Å². The van der Waals surface area contributed by atoms with Gasteiger partial charge in [0.15, 0.2) is 5.78 Å². The molecule has 162 valence electrons. The molecule has 0 bridgehead atoms. The largest absolute Gasteiger partial charge is 0.334 e. The van der Waals surface area contributed by atoms with Crippen LogP contribution in [-0.4, -0.2) is 21.4 Å². The number of hydrogen-bond donors (Lipinski definition) is 1. The zero-order valence-corrected chi connectivity index (χ0v) is 17.8. The first-order valence-corrected chi connectivity index (χ1v) is 10.6. The first-order chi connectivity index (χ1) is 14.8. The molecule has 0 fully saturated rings. The van der Waals surface area contributed by atoms with E-state index < -0.39 is 11.5 Å². The number of aromatic nitrogens is 2. The van der Waals surface area contributed by atoms with E-state index in [-0.39, 0.29) is 23.3 Å². The van der Waals surface area contributed by atoms with Crippen LogP contribution in [0.5, 0.6) is 0 Å². The summed E-state index contributed by atoms with van der Waals surface area (Å²) in [4.78, 5) is 18.1. The second-order valence-corrected chi connectivity index (χ2v) is 8.89. The Hall–Kier alpha value is -2.86. The summed E-state index contributed by atoms with van der Waals surface area (Å²) in [5.41, 5.74) is 8.25. The van der Waals surface area contributed by atoms with Gasteiger partial charge in [-0.2, -0.15) is 0 Å². The number of imidazole rings is 1. The Morgan fingerprint density at radius 2 is 1.94 bits per heavy atom. The fraction of sp³-hybridized carbons (Fsp3) is 0.360. The summed E-state index contributed by atoms with van der Waals surface area (Å²) in [6.07, 6.45) is 3.69. The maximum atomic E-state index is 13.4. The summed E-state index contributed by atoms with van der Waals surface area (Å²) in [5, 5.41) is 0. The lowest BCUT2D eigenvalue weighted by atomic mass is 9.70. The quantitative estimate of drug-likeness (QED) is 0.628. The molecule has 6 heteroatoms. The third kappa shape index (κ3) is 4.30. The van der Waals surface area contributed by atoms with Crippen LogP contribution in [-0.2, 0) is 23.2 Å². The average molecular weight is 424 g/mol. The highest BCUT2D eigenvalue weighted by atomic mass is 19.1. The first kappa shape index (κ1) is 21.4. The van der Waals surface area contributed by atoms with Crippen LogP contribution in [0.3, 0.4) is 0 Å². The number of benzene rings is 2. The minimum Gasteiger partial charge on any atom is -0.334 e. The zero-order valence-electron chi connectivity index (χ0n) is 17.8. The molecule has 4 nitrogen and oxygen atoms in total. The van der Waals surface area contributed by atoms with Gasteiger partial charge in [0.25, 0.3) is 0 Å². The monoisotopic (exact) mass is 423 g/mol. The van der Waals surface area contributed by atoms with Gasteiger partial charge in [-0.25, -0.2) is 13.8 Å². The van der Waals surface area contributed by atoms with Gasteiger partial charge in [-0.3, -0.25) is 4.79 Å². The highest BCUT2D eigenvalue weighted by molar-refractivity contribution is 5.87. The van der Waals surface area contributed by atoms with E-state index >= 15 is 0 Å². The standard InChI is InChI=1S/C25H27F2N3O/c1-25(2)20(23(31)21(28)11-6-16-4-3-5-19(27)14-16)12-13-30-15-22(29-24(25)30)17-7-9-18(26)10-8-17/h3-5,7-10,14-15,20-21H,6,11-13,28H2,1-2H3. The Labute approximate surface area is 181 Å². The van der Waals surface area contributed by atoms with Crippen LogP contribution in [0.25, 0.3) is 11.3 Å². The van der Waals surface area contributed by atoms with Gasteiger partial charge in [0.1, 0.15) is 17.5 Å². The Morgan fingerprint density at radius 1 is 1.19 bits per heavy atom. The predicted molar refractivity (Wildman–Crippen MR) is 116 cm³/mol. The van der Waals surface area contributed by atoms with E-state index in [0.29, 0.717) is 25.8 Å². The number of hydrogen-bond acceptors (Lipinski definition) is 3. The molecule has 0 amide bonds. The van der Waals surface area contributed by atoms with Gasteiger partial charge >= 0.3 is 0 Å². The summed E-state index contributed by atoms with van der Waals surface area (Å²) < 4.78 is 28.8. The lowest BCUT2D eigenvalue weighted by Crippen LogP contribution is -2.47. The molecule has 2 atom stereocenters. The molecule has 0 saturated carbocycles. The highest BCUT2D eigenvalue weighted by Crippen LogP contribution is 2.40. The second kappa shape index (κ2) is 8.35. The van der Waals surface area contributed by atoms with Crippen LogP contribution in [0.4, 0.5) is 8.78 Å². The number of halogens is 2. The minimum absolute atomic E-state index is 0.0268. The van der Waals surface area contributed by atoms with E-state index in [9.17, 15) is 13.6 Å². The van der Waals surface area contributed by atoms with Crippen LogP contribution in [0.1, 0.15) is 38.1 Å². The van der Waals surface area contributed by atoms with E-state index in [2.05, 4.69) is 4.57 Å². The zero-order chi connectivity index (χ0) is 22.2. The van der Waals surface area contributed by atoms with E-state index in [0.717, 1.165) is 22.6 Å². The molecule has 31 heavy (non-hydrogen) atoms. The number of Topliss-reactive ketones (excluding diaryl/α,β-unsaturated/α-hetero) is 1. The maximum absolute atomic E-state index is 13.4. The van der Waals surface area contributed by atoms with Gasteiger partial charge in [-0.05, 0) is 61.2 Å². The molecule has 1 aliphatic heterocycles. The Bertz CT molecular complexity index is 1090. The molecular weight excluding hydrogens is 396 g/mol. The number of ketones is 1. The summed E-state index contributed by atoms with van der Waals surface area (Å²) in [7, 11) is 0. The van der Waals surface area contributed by atoms with Crippen LogP contribution >= 0.6 is 0 Å². The van der Waals surface area contributed by atoms with Crippen LogP contribution in [0, 0.1) is 17.6 Å². The maximum Gasteiger partial charge on any atom is 0.153 e. The van der Waals surface area contributed by atoms with Crippen molar-refractivity contribution in [2.75, 3.05) is 0 Å². The summed E-state index contributed by atoms with van der Waals surface area (Å²) in [5.74, 6) is 0.0549. The highest BCUT2D eigenvalue weighted by Gasteiger charge is 2.44. The van der Waals surface area contributed by atoms with Crippen molar-refractivity contribution in [3.05, 3.63) is 77.8 Å². The van der Waals surface area contributed by atoms with Crippen molar-refractivity contribution < 1.29 is 13.6 Å². The summed E-state index contributed by atoms with van der Waals surface area (Å²) >= 11 is 0. The number of rotatable bonds is 6. The predicted octanol–water partition coefficient (Wildman–Crippen LogP) is 4.66. The molecule has 1 aliphatic rings. The second-order valence-electron chi connectivity index (χ2n) is 8.89. The van der Waals surface area contributed by atoms with Crippen molar-refractivity contribution in [1.29, 1.82) is 0 Å². The SMILES string of the molecule is CC1(C)c2nc(-c3ccc(F)cc3)cn2CCC1C(=O)C(N)CCc1cccc(F)c1. The smallest absolute Gasteiger partial charge is 0.153 e. The number of nitrogens with two attached hydrogens (primary N) is 1. The van der Waals surface area contributed by atoms with Crippen LogP contribution in [0.2, 0.25) is 0 Å². The first-order valence-electron chi connectivity index (χ1n) is 10.6. The van der Waals surface area contributed by atoms with Gasteiger partial charge < -0.3 is 10.3 Å². The Kier molecular flexibility index (Phi) is 5.75. The molecule has 2 N–H and O–H groups in total. The molecule has 2 heterocycles. The van der Waals surface area contributed by atoms with Crippen molar-refractivity contribution in [3.8, 4) is 11.3 Å². The number of fused-ring (bicyclic) bond motifs is 1. The molecule has 2 aromatic carbocycles. The molecule has 3 aromatic rings. The van der Waals surface area contributed by atoms with Gasteiger partial charge in [-0.1, -0.05) is 26.0 Å². The van der Waals surface area contributed by atoms with Gasteiger partial charge in [0.05, 0.1) is 11.7 Å². The van der Waals surface area contributed by atoms with Crippen molar-refractivity contribution in [2.45, 2.75) is 51.1 Å². The van der Waals surface area contributed by atoms with Gasteiger partial charge in [0.2, 0.25) is 0 Å². The van der Waals surface area contributed by atoms with Crippen molar-refractivity contribution in [1.82, 2.24) is 9.55 Å². The van der Waals surface area contributed by atoms with Crippen molar-refractivity contribution in [3.63, 3.8) is 0 Å². The van der Waals surface area contributed by atoms with Gasteiger partial charge in [0, 0.05) is 29.6 Å². The molecule has 4 rings (SSSR count). The third-order valence-corrected chi connectivity index (χ3v) is 6.36. The molecule has 2 unspecified atom stereocenters. The number of aryl methyl sites for hydroxylation is 2. The van der Waals surface area contributed by atoms with Crippen LogP contribution < -0.4 is 5.73 Å². The molecule has 0 spiro atoms. The fourth-order valence-electron chi connectivity index (χ4n) is 4.56. The normalized spacial score (nSPS) is 18.4. The average Bonchev–Trinajstić information content (AvgIpc) is 3.18. The number of carbonyl (C=O) groups excluding carboxylic acids is 1. The Balaban J connectivity index is 1.50. The summed E-state index contributed by atoms with van der Waals surface area (Å²) in [6.45, 7) is 4.74. The fourth-order valence-corrected chi connectivity index (χ4v) is 4.56. The van der Waals surface area contributed by atoms with E-state index in [1.165, 1.54) is 24.3 Å². The third-order valence-electron chi connectivity index (χ3n) is 6.36. The lowest BCUT2D eigenvalue weighted by molar-refractivity contribution is -0.127. The minimum atomic E-state index is -0.606. The van der Waals surface area contributed by atoms with Crippen LogP contribution in [0.15, 0.2) is 54.7 Å². The molecular formula is C25H27F2N3O. The van der Waals surface area contributed by atoms with E-state index in [1.807, 2.05) is 26.1 Å². The molecule has 1 aromatic heterocycles. The molecule has 0 aliphatic carbocycles. The van der Waals surface area contributed by atoms with Crippen molar-refractivity contribution >= 4 is 5.78 Å². The summed E-state index contributed by atoms with van der Waals surface area (Å²) in [6, 6.07) is 12.1. The molecule has 0 saturated heterocycles. The number of carbonyl (C=O) groups is 1. The lowest BCUT2D eigenvalue weighted by Gasteiger charge is -2.38. The topological polar surface area (TPSA) is 60.9 Å².